The Bertz CT molecular complexity index is 795. The Morgan fingerprint density at radius 1 is 1.03 bits per heavy atom. The lowest BCUT2D eigenvalue weighted by Gasteiger charge is -2.41. The maximum absolute atomic E-state index is 13.0. The minimum Gasteiger partial charge on any atom is -0.494 e. The van der Waals surface area contributed by atoms with Gasteiger partial charge < -0.3 is 19.3 Å². The molecule has 0 unspecified atom stereocenters. The van der Waals surface area contributed by atoms with E-state index < -0.39 is 5.41 Å². The van der Waals surface area contributed by atoms with Gasteiger partial charge in [-0.05, 0) is 62.6 Å². The predicted octanol–water partition coefficient (Wildman–Crippen LogP) is 3.67. The molecule has 0 aliphatic carbocycles. The number of ether oxygens (including phenoxy) is 3. The van der Waals surface area contributed by atoms with Gasteiger partial charge in [-0.2, -0.15) is 0 Å². The number of hydrogen-bond acceptors (Lipinski definition) is 6. The Balaban J connectivity index is 1.63. The van der Waals surface area contributed by atoms with Gasteiger partial charge in [0, 0.05) is 13.1 Å². The molecule has 2 aromatic carbocycles. The zero-order valence-electron chi connectivity index (χ0n) is 18.3. The molecule has 1 heterocycles. The first-order chi connectivity index (χ1) is 15.1. The maximum Gasteiger partial charge on any atom is 0.313 e. The molecule has 6 nitrogen and oxygen atoms in total. The first-order valence-electron chi connectivity index (χ1n) is 11.1. The van der Waals surface area contributed by atoms with Crippen LogP contribution in [0.3, 0.4) is 0 Å². The fourth-order valence-corrected chi connectivity index (χ4v) is 4.11. The van der Waals surface area contributed by atoms with Crippen LogP contribution in [0.4, 0.5) is 0 Å². The minimum absolute atomic E-state index is 0.000538. The third-order valence-electron chi connectivity index (χ3n) is 5.65. The molecule has 0 amide bonds. The van der Waals surface area contributed by atoms with E-state index in [9.17, 15) is 4.79 Å². The highest BCUT2D eigenvalue weighted by Crippen LogP contribution is 2.36. The van der Waals surface area contributed by atoms with Crippen LogP contribution >= 0.6 is 0 Å². The predicted molar refractivity (Wildman–Crippen MR) is 119 cm³/mol. The summed E-state index contributed by atoms with van der Waals surface area (Å²) in [6, 6.07) is 17.6. The van der Waals surface area contributed by atoms with Crippen LogP contribution in [0.15, 0.2) is 54.6 Å². The second kappa shape index (κ2) is 11.7. The van der Waals surface area contributed by atoms with Gasteiger partial charge in [-0.3, -0.25) is 9.69 Å². The monoisotopic (exact) mass is 427 g/mol. The number of hydrogen-bond donors (Lipinski definition) is 1. The van der Waals surface area contributed by atoms with Crippen molar-refractivity contribution in [3.63, 3.8) is 0 Å². The molecule has 0 bridgehead atoms. The summed E-state index contributed by atoms with van der Waals surface area (Å²) in [6.07, 6.45) is 2.39. The van der Waals surface area contributed by atoms with E-state index in [4.69, 9.17) is 19.3 Å². The summed E-state index contributed by atoms with van der Waals surface area (Å²) in [5, 5.41) is 8.88. The average Bonchev–Trinajstić information content (AvgIpc) is 2.80. The van der Waals surface area contributed by atoms with Crippen LogP contribution in [0.2, 0.25) is 0 Å². The van der Waals surface area contributed by atoms with Crippen LogP contribution < -0.4 is 9.47 Å². The molecule has 0 aromatic heterocycles. The van der Waals surface area contributed by atoms with Gasteiger partial charge in [-0.1, -0.05) is 30.3 Å². The number of carbonyl (C=O) groups excluding carboxylic acids is 1. The normalized spacial score (nSPS) is 19.0. The summed E-state index contributed by atoms with van der Waals surface area (Å²) in [4.78, 5) is 15.3. The zero-order chi connectivity index (χ0) is 21.9. The lowest BCUT2D eigenvalue weighted by Crippen LogP contribution is -2.49. The molecule has 31 heavy (non-hydrogen) atoms. The number of nitrogens with zero attached hydrogens (tertiary/aromatic N) is 1. The molecule has 1 aliphatic rings. The van der Waals surface area contributed by atoms with E-state index >= 15 is 0 Å². The Labute approximate surface area is 184 Å². The van der Waals surface area contributed by atoms with Crippen LogP contribution in [-0.2, 0) is 16.1 Å². The molecular formula is C25H33NO5. The van der Waals surface area contributed by atoms with Crippen molar-refractivity contribution in [3.05, 3.63) is 60.2 Å². The van der Waals surface area contributed by atoms with Crippen molar-refractivity contribution >= 4 is 5.97 Å². The number of piperidine rings is 1. The Morgan fingerprint density at radius 2 is 1.74 bits per heavy atom. The summed E-state index contributed by atoms with van der Waals surface area (Å²) < 4.78 is 16.8. The van der Waals surface area contributed by atoms with Gasteiger partial charge in [0.25, 0.3) is 0 Å². The molecule has 168 valence electrons. The van der Waals surface area contributed by atoms with E-state index in [2.05, 4.69) is 4.90 Å². The maximum atomic E-state index is 13.0. The first kappa shape index (κ1) is 23.1. The van der Waals surface area contributed by atoms with Crippen molar-refractivity contribution in [2.24, 2.45) is 5.41 Å². The molecule has 1 aliphatic heterocycles. The number of carbonyl (C=O) groups is 1. The molecule has 0 saturated carbocycles. The highest BCUT2D eigenvalue weighted by atomic mass is 16.5. The van der Waals surface area contributed by atoms with Crippen LogP contribution in [0, 0.1) is 5.41 Å². The molecule has 1 saturated heterocycles. The lowest BCUT2D eigenvalue weighted by atomic mass is 9.77. The second-order valence-corrected chi connectivity index (χ2v) is 7.94. The number of para-hydroxylation sites is 1. The number of aliphatic hydroxyl groups is 1. The SMILES string of the molecule is CCOC(=O)[C@@]1(CCOc2ccccc2)CCCN(Cc2ccc(OCCO)cc2)C1. The van der Waals surface area contributed by atoms with Gasteiger partial charge in [-0.15, -0.1) is 0 Å². The van der Waals surface area contributed by atoms with E-state index in [1.807, 2.05) is 61.5 Å². The first-order valence-corrected chi connectivity index (χ1v) is 11.1. The average molecular weight is 428 g/mol. The van der Waals surface area contributed by atoms with E-state index in [0.29, 0.717) is 32.8 Å². The highest BCUT2D eigenvalue weighted by molar-refractivity contribution is 5.77. The molecule has 3 rings (SSSR count). The molecule has 1 N–H and O–H groups in total. The summed E-state index contributed by atoms with van der Waals surface area (Å²) in [5.41, 5.74) is 0.615. The van der Waals surface area contributed by atoms with Gasteiger partial charge in [0.05, 0.1) is 25.2 Å². The number of esters is 1. The Kier molecular flexibility index (Phi) is 8.74. The highest BCUT2D eigenvalue weighted by Gasteiger charge is 2.43. The van der Waals surface area contributed by atoms with Crippen LogP contribution in [-0.4, -0.2) is 55.5 Å². The number of aliphatic hydroxyl groups excluding tert-OH is 1. The van der Waals surface area contributed by atoms with Crippen molar-refractivity contribution in [1.82, 2.24) is 4.90 Å². The molecule has 2 aromatic rings. The third-order valence-corrected chi connectivity index (χ3v) is 5.65. The minimum atomic E-state index is -0.548. The van der Waals surface area contributed by atoms with Gasteiger partial charge in [0.1, 0.15) is 18.1 Å². The van der Waals surface area contributed by atoms with Gasteiger partial charge >= 0.3 is 5.97 Å². The zero-order valence-corrected chi connectivity index (χ0v) is 18.3. The molecule has 0 spiro atoms. The second-order valence-electron chi connectivity index (χ2n) is 7.94. The van der Waals surface area contributed by atoms with Crippen molar-refractivity contribution in [3.8, 4) is 11.5 Å². The standard InChI is InChI=1S/C25H33NO5/c1-2-29-24(28)25(14-17-30-22-7-4-3-5-8-22)13-6-15-26(20-25)19-21-9-11-23(12-10-21)31-18-16-27/h3-5,7-12,27H,2,6,13-20H2,1H3/t25-/m1/s1. The number of benzene rings is 2. The number of likely N-dealkylation sites (tertiary alicyclic amines) is 1. The lowest BCUT2D eigenvalue weighted by molar-refractivity contribution is -0.160. The fourth-order valence-electron chi connectivity index (χ4n) is 4.11. The topological polar surface area (TPSA) is 68.2 Å². The molecule has 0 radical (unpaired) electrons. The Hall–Kier alpha value is -2.57. The molecule has 6 heteroatoms. The van der Waals surface area contributed by atoms with E-state index in [1.54, 1.807) is 0 Å². The van der Waals surface area contributed by atoms with Gasteiger partial charge in [0.15, 0.2) is 0 Å². The van der Waals surface area contributed by atoms with E-state index in [1.165, 1.54) is 0 Å². The van der Waals surface area contributed by atoms with E-state index in [-0.39, 0.29) is 12.6 Å². The van der Waals surface area contributed by atoms with Crippen LogP contribution in [0.1, 0.15) is 31.7 Å². The quantitative estimate of drug-likeness (QED) is 0.552. The van der Waals surface area contributed by atoms with Crippen molar-refractivity contribution < 1.29 is 24.1 Å². The number of rotatable bonds is 11. The van der Waals surface area contributed by atoms with Crippen LogP contribution in [0.25, 0.3) is 0 Å². The largest absolute Gasteiger partial charge is 0.494 e. The third kappa shape index (κ3) is 6.71. The fraction of sp³-hybridized carbons (Fsp3) is 0.480. The smallest absolute Gasteiger partial charge is 0.313 e. The summed E-state index contributed by atoms with van der Waals surface area (Å²) >= 11 is 0. The summed E-state index contributed by atoms with van der Waals surface area (Å²) in [7, 11) is 0. The Morgan fingerprint density at radius 3 is 2.45 bits per heavy atom. The van der Waals surface area contributed by atoms with Crippen molar-refractivity contribution in [2.45, 2.75) is 32.7 Å². The van der Waals surface area contributed by atoms with Crippen LogP contribution in [0.5, 0.6) is 11.5 Å². The van der Waals surface area contributed by atoms with E-state index in [0.717, 1.165) is 43.0 Å². The van der Waals surface area contributed by atoms with Gasteiger partial charge in [-0.25, -0.2) is 0 Å². The molecule has 1 atom stereocenters. The van der Waals surface area contributed by atoms with Crippen molar-refractivity contribution in [2.75, 3.05) is 39.5 Å². The molecule has 1 fully saturated rings. The molecular weight excluding hydrogens is 394 g/mol. The van der Waals surface area contributed by atoms with Gasteiger partial charge in [0.2, 0.25) is 0 Å². The summed E-state index contributed by atoms with van der Waals surface area (Å²) in [5.74, 6) is 1.44. The summed E-state index contributed by atoms with van der Waals surface area (Å²) in [6.45, 7) is 5.38. The van der Waals surface area contributed by atoms with Crippen molar-refractivity contribution in [1.29, 1.82) is 0 Å².